The average molecular weight is 814 g/mol. The number of morpholine rings is 1. The monoisotopic (exact) mass is 813 g/mol. The molecule has 3 saturated heterocycles. The second-order valence-electron chi connectivity index (χ2n) is 17.4. The topological polar surface area (TPSA) is 127 Å². The van der Waals surface area contributed by atoms with Crippen molar-refractivity contribution in [2.75, 3.05) is 64.6 Å². The number of piperazine rings is 1. The average Bonchev–Trinajstić information content (AvgIpc) is 3.55. The third-order valence-corrected chi connectivity index (χ3v) is 12.6. The number of hydrogen-bond donors (Lipinski definition) is 2. The highest BCUT2D eigenvalue weighted by Crippen LogP contribution is 2.43. The number of esters is 1. The molecule has 2 aromatic carbocycles. The predicted octanol–water partition coefficient (Wildman–Crippen LogP) is 6.05. The highest BCUT2D eigenvalue weighted by Gasteiger charge is 2.35. The van der Waals surface area contributed by atoms with Crippen LogP contribution in [0.25, 0.3) is 33.3 Å². The zero-order valence-corrected chi connectivity index (χ0v) is 34.8. The highest BCUT2D eigenvalue weighted by molar-refractivity contribution is 5.96. The van der Waals surface area contributed by atoms with Crippen molar-refractivity contribution >= 4 is 28.5 Å². The number of ether oxygens (including phenoxy) is 3. The number of benzene rings is 2. The number of aromatic nitrogens is 2. The fraction of sp³-hybridized carbons (Fsp3) is 0.533. The van der Waals surface area contributed by atoms with Crippen LogP contribution in [0.3, 0.4) is 0 Å². The van der Waals surface area contributed by atoms with E-state index in [-0.39, 0.29) is 24.7 Å². The largest absolute Gasteiger partial charge is 0.464 e. The van der Waals surface area contributed by atoms with E-state index in [9.17, 15) is 18.4 Å². The van der Waals surface area contributed by atoms with E-state index in [1.807, 2.05) is 25.3 Å². The molecular weight excluding hydrogens is 757 g/mol. The van der Waals surface area contributed by atoms with Gasteiger partial charge in [0.2, 0.25) is 0 Å². The second-order valence-corrected chi connectivity index (χ2v) is 17.4. The zero-order valence-electron chi connectivity index (χ0n) is 34.8. The van der Waals surface area contributed by atoms with E-state index in [1.54, 1.807) is 7.11 Å². The summed E-state index contributed by atoms with van der Waals surface area (Å²) in [7, 11) is 1.69. The summed E-state index contributed by atoms with van der Waals surface area (Å²) in [6.45, 7) is 14.5. The molecule has 6 heterocycles. The van der Waals surface area contributed by atoms with Crippen LogP contribution in [0.5, 0.6) is 0 Å². The normalized spacial score (nSPS) is 23.6. The van der Waals surface area contributed by atoms with E-state index in [0.717, 1.165) is 77.5 Å². The van der Waals surface area contributed by atoms with E-state index >= 15 is 0 Å². The molecule has 4 aromatic rings. The van der Waals surface area contributed by atoms with Gasteiger partial charge < -0.3 is 29.4 Å². The van der Waals surface area contributed by atoms with Crippen molar-refractivity contribution in [3.05, 3.63) is 71.0 Å². The Kier molecular flexibility index (Phi) is 11.8. The number of rotatable bonds is 6. The van der Waals surface area contributed by atoms with Crippen molar-refractivity contribution in [1.82, 2.24) is 24.9 Å². The van der Waals surface area contributed by atoms with Gasteiger partial charge in [0, 0.05) is 73.8 Å². The van der Waals surface area contributed by atoms with Gasteiger partial charge in [-0.25, -0.2) is 14.2 Å². The summed E-state index contributed by atoms with van der Waals surface area (Å²) in [5.41, 5.74) is 16.6. The number of fused-ring (bicyclic) bond motifs is 7. The van der Waals surface area contributed by atoms with E-state index in [0.29, 0.717) is 56.1 Å². The molecule has 59 heavy (non-hydrogen) atoms. The molecule has 0 unspecified atom stereocenters. The maximum absolute atomic E-state index is 14.5. The molecule has 0 spiro atoms. The number of amides is 1. The Balaban J connectivity index is 1.31. The van der Waals surface area contributed by atoms with E-state index in [4.69, 9.17) is 24.9 Å². The fourth-order valence-corrected chi connectivity index (χ4v) is 9.34. The van der Waals surface area contributed by atoms with Gasteiger partial charge in [-0.15, -0.1) is 0 Å². The third-order valence-electron chi connectivity index (χ3n) is 12.6. The van der Waals surface area contributed by atoms with Crippen LogP contribution in [-0.4, -0.2) is 109 Å². The number of nitrogens with one attached hydrogen (secondary N) is 1. The number of carbonyl (C=O) groups is 2. The zero-order chi connectivity index (χ0) is 41.6. The molecule has 8 rings (SSSR count). The minimum atomic E-state index is -2.73. The number of nitrogens with two attached hydrogens (primary N) is 1. The fourth-order valence-electron chi connectivity index (χ4n) is 9.34. The summed E-state index contributed by atoms with van der Waals surface area (Å²) in [4.78, 5) is 37.2. The number of carbonyl (C=O) groups excluding carboxylic acids is 2. The first kappa shape index (κ1) is 41.3. The number of halogens is 2. The lowest BCUT2D eigenvalue weighted by molar-refractivity contribution is -0.154. The molecule has 316 valence electrons. The molecule has 14 heteroatoms. The van der Waals surface area contributed by atoms with E-state index in [1.165, 1.54) is 17.1 Å². The van der Waals surface area contributed by atoms with Gasteiger partial charge in [0.15, 0.2) is 0 Å². The molecular formula is C45H57F2N7O5. The van der Waals surface area contributed by atoms with Gasteiger partial charge in [0.05, 0.1) is 61.3 Å². The Bertz CT molecular complexity index is 2210. The first-order valence-electron chi connectivity index (χ1n) is 21.0. The molecule has 3 N–H and O–H groups in total. The summed E-state index contributed by atoms with van der Waals surface area (Å²) >= 11 is 0. The van der Waals surface area contributed by atoms with Crippen LogP contribution >= 0.6 is 0 Å². The summed E-state index contributed by atoms with van der Waals surface area (Å²) in [5, 5.41) is 2.35. The second kappa shape index (κ2) is 16.9. The Morgan fingerprint density at radius 2 is 1.90 bits per heavy atom. The molecule has 3 fully saturated rings. The van der Waals surface area contributed by atoms with Crippen LogP contribution in [0.1, 0.15) is 75.5 Å². The molecule has 1 amide bonds. The maximum atomic E-state index is 14.5. The van der Waals surface area contributed by atoms with Crippen LogP contribution in [0.15, 0.2) is 48.7 Å². The first-order valence-corrected chi connectivity index (χ1v) is 21.0. The van der Waals surface area contributed by atoms with E-state index in [2.05, 4.69) is 58.8 Å². The van der Waals surface area contributed by atoms with Gasteiger partial charge in [-0.3, -0.25) is 24.5 Å². The van der Waals surface area contributed by atoms with Gasteiger partial charge in [0.1, 0.15) is 6.04 Å². The standard InChI is InChI=1S/C45H57F2N7O5/c1-6-53-39-10-9-29-20-34(39)36(41(53)35-21-32(23-49-40(35)27(2)57-5)52-13-12-51-14-15-58-25-33(51)24-52)22-45(3,4)26-59-44(56)38-8-7-11-54(50-38)43(55)37(48)18-28-16-30(29)19-31(17-28)42(46)47/h9-10,16-17,19-21,23,27,33,37-38,42,50H,6-8,11-15,18,22,24-26,48H2,1-5H3/t27-,33-,37-,38-/m0/s1. The summed E-state index contributed by atoms with van der Waals surface area (Å²) in [6.07, 6.45) is 0.558. The SMILES string of the molecule is CCn1c(-c2cc(N3CCN4CCOC[C@@H]4C3)cnc2[C@H](C)OC)c2c3cc(ccc31)-c1cc(cc(C(F)F)c1)C[C@H](N)C(=O)N1CCC[C@H](N1)C(=O)OCC(C)(C)C2. The Morgan fingerprint density at radius 1 is 1.07 bits per heavy atom. The molecule has 4 aliphatic rings. The molecule has 0 aliphatic carbocycles. The third kappa shape index (κ3) is 8.34. The molecule has 6 bridgehead atoms. The summed E-state index contributed by atoms with van der Waals surface area (Å²) < 4.78 is 49.3. The number of pyridine rings is 1. The predicted molar refractivity (Wildman–Crippen MR) is 223 cm³/mol. The van der Waals surface area contributed by atoms with Gasteiger partial charge in [-0.1, -0.05) is 32.0 Å². The molecule has 12 nitrogen and oxygen atoms in total. The number of nitrogens with zero attached hydrogens (tertiary/aromatic N) is 5. The Morgan fingerprint density at radius 3 is 2.68 bits per heavy atom. The van der Waals surface area contributed by atoms with Crippen molar-refractivity contribution < 1.29 is 32.6 Å². The Hall–Kier alpha value is -4.47. The first-order chi connectivity index (χ1) is 28.3. The Labute approximate surface area is 344 Å². The van der Waals surface area contributed by atoms with Crippen LogP contribution in [-0.2, 0) is 43.2 Å². The van der Waals surface area contributed by atoms with Gasteiger partial charge in [-0.2, -0.15) is 0 Å². The molecule has 0 radical (unpaired) electrons. The quantitative estimate of drug-likeness (QED) is 0.223. The van der Waals surface area contributed by atoms with E-state index < -0.39 is 35.8 Å². The lowest BCUT2D eigenvalue weighted by atomic mass is 9.84. The molecule has 0 saturated carbocycles. The number of cyclic esters (lactones) is 1. The molecule has 4 aliphatic heterocycles. The smallest absolute Gasteiger partial charge is 0.324 e. The van der Waals surface area contributed by atoms with Crippen molar-refractivity contribution in [2.24, 2.45) is 11.1 Å². The number of hydrazine groups is 1. The minimum absolute atomic E-state index is 0.0460. The number of hydrogen-bond acceptors (Lipinski definition) is 10. The number of alkyl halides is 2. The number of aryl methyl sites for hydroxylation is 1. The van der Waals surface area contributed by atoms with Gasteiger partial charge in [-0.05, 0) is 86.1 Å². The van der Waals surface area contributed by atoms with Gasteiger partial charge in [0.25, 0.3) is 12.3 Å². The minimum Gasteiger partial charge on any atom is -0.464 e. The van der Waals surface area contributed by atoms with Crippen LogP contribution < -0.4 is 16.1 Å². The number of anilines is 1. The highest BCUT2D eigenvalue weighted by atomic mass is 19.3. The molecule has 4 atom stereocenters. The van der Waals surface area contributed by atoms with Crippen molar-refractivity contribution in [1.29, 1.82) is 0 Å². The van der Waals surface area contributed by atoms with Crippen LogP contribution in [0.4, 0.5) is 14.5 Å². The van der Waals surface area contributed by atoms with Crippen LogP contribution in [0, 0.1) is 5.41 Å². The summed E-state index contributed by atoms with van der Waals surface area (Å²) in [6, 6.07) is 11.8. The van der Waals surface area contributed by atoms with Gasteiger partial charge >= 0.3 is 5.97 Å². The maximum Gasteiger partial charge on any atom is 0.324 e. The van der Waals surface area contributed by atoms with Crippen molar-refractivity contribution in [2.45, 2.75) is 90.6 Å². The lowest BCUT2D eigenvalue weighted by Gasteiger charge is -2.44. The summed E-state index contributed by atoms with van der Waals surface area (Å²) in [5.74, 6) is -0.840. The van der Waals surface area contributed by atoms with Crippen LogP contribution in [0.2, 0.25) is 0 Å². The lowest BCUT2D eigenvalue weighted by Crippen LogP contribution is -2.59. The number of methoxy groups -OCH3 is 1. The molecule has 2 aromatic heterocycles. The van der Waals surface area contributed by atoms with Crippen molar-refractivity contribution in [3.8, 4) is 22.4 Å². The van der Waals surface area contributed by atoms with Crippen molar-refractivity contribution in [3.63, 3.8) is 0 Å².